The van der Waals surface area contributed by atoms with Crippen LogP contribution in [-0.2, 0) is 0 Å². The Bertz CT molecular complexity index is 651. The molecular formula is C14H17N5S. The third-order valence-corrected chi connectivity index (χ3v) is 4.94. The minimum Gasteiger partial charge on any atom is -0.353 e. The van der Waals surface area contributed by atoms with Crippen molar-refractivity contribution >= 4 is 27.4 Å². The topological polar surface area (TPSA) is 56.0 Å². The molecule has 1 aliphatic heterocycles. The molecule has 0 radical (unpaired) electrons. The van der Waals surface area contributed by atoms with Crippen molar-refractivity contribution < 1.29 is 0 Å². The Kier molecular flexibility index (Phi) is 3.55. The highest BCUT2D eigenvalue weighted by atomic mass is 32.1. The first kappa shape index (κ1) is 13.3. The van der Waals surface area contributed by atoms with Crippen molar-refractivity contribution in [3.05, 3.63) is 17.3 Å². The second-order valence-electron chi connectivity index (χ2n) is 5.12. The predicted molar refractivity (Wildman–Crippen MR) is 81.0 cm³/mol. The average Bonchev–Trinajstić information content (AvgIpc) is 2.88. The highest BCUT2D eigenvalue weighted by molar-refractivity contribution is 7.18. The molecule has 6 heteroatoms. The maximum atomic E-state index is 8.99. The summed E-state index contributed by atoms with van der Waals surface area (Å²) in [5.74, 6) is 1.04. The van der Waals surface area contributed by atoms with Crippen LogP contribution in [0, 0.1) is 18.3 Å². The van der Waals surface area contributed by atoms with Gasteiger partial charge in [-0.1, -0.05) is 0 Å². The number of hydrogen-bond donors (Lipinski definition) is 0. The number of fused-ring (bicyclic) bond motifs is 1. The van der Waals surface area contributed by atoms with E-state index >= 15 is 0 Å². The monoisotopic (exact) mass is 287 g/mol. The molecule has 1 saturated heterocycles. The Morgan fingerprint density at radius 1 is 1.30 bits per heavy atom. The van der Waals surface area contributed by atoms with Crippen molar-refractivity contribution in [1.29, 1.82) is 5.26 Å². The zero-order chi connectivity index (χ0) is 14.1. The highest BCUT2D eigenvalue weighted by Crippen LogP contribution is 2.31. The number of thiophene rings is 1. The summed E-state index contributed by atoms with van der Waals surface area (Å²) in [4.78, 5) is 13.4. The molecule has 1 fully saturated rings. The number of hydrogen-bond acceptors (Lipinski definition) is 6. The lowest BCUT2D eigenvalue weighted by atomic mass is 10.2. The summed E-state index contributed by atoms with van der Waals surface area (Å²) in [7, 11) is 0. The van der Waals surface area contributed by atoms with E-state index in [0.29, 0.717) is 0 Å². The van der Waals surface area contributed by atoms with Gasteiger partial charge in [-0.2, -0.15) is 5.26 Å². The lowest BCUT2D eigenvalue weighted by molar-refractivity contribution is 0.231. The van der Waals surface area contributed by atoms with Gasteiger partial charge < -0.3 is 4.90 Å². The van der Waals surface area contributed by atoms with Gasteiger partial charge in [0.1, 0.15) is 12.1 Å². The van der Waals surface area contributed by atoms with Crippen molar-refractivity contribution in [2.24, 2.45) is 0 Å². The summed E-state index contributed by atoms with van der Waals surface area (Å²) in [5.41, 5.74) is 2.28. The summed E-state index contributed by atoms with van der Waals surface area (Å²) in [6.07, 6.45) is 1.65. The van der Waals surface area contributed by atoms with Gasteiger partial charge in [0.15, 0.2) is 0 Å². The lowest BCUT2D eigenvalue weighted by Crippen LogP contribution is -2.49. The Morgan fingerprint density at radius 2 is 2.05 bits per heavy atom. The van der Waals surface area contributed by atoms with Crippen LogP contribution in [0.5, 0.6) is 0 Å². The van der Waals surface area contributed by atoms with E-state index in [4.69, 9.17) is 5.26 Å². The summed E-state index contributed by atoms with van der Waals surface area (Å²) < 4.78 is 1.17. The molecule has 0 aromatic carbocycles. The van der Waals surface area contributed by atoms with Gasteiger partial charge in [-0.3, -0.25) is 4.90 Å². The number of nitrogens with zero attached hydrogens (tertiary/aromatic N) is 5. The van der Waals surface area contributed by atoms with E-state index in [1.165, 1.54) is 10.3 Å². The standard InChI is InChI=1S/C14H17N5S/c1-10-8-20-13-12(10)16-9-17-14(13)19-5-3-18(4-6-19)11(2)7-15/h8-9,11H,3-6H2,1-2H3. The van der Waals surface area contributed by atoms with Gasteiger partial charge in [-0.25, -0.2) is 9.97 Å². The van der Waals surface area contributed by atoms with E-state index < -0.39 is 0 Å². The first-order valence-electron chi connectivity index (χ1n) is 6.78. The SMILES string of the molecule is Cc1csc2c(N3CCN(C(C)C#N)CC3)ncnc12. The van der Waals surface area contributed by atoms with Crippen LogP contribution in [0.1, 0.15) is 12.5 Å². The van der Waals surface area contributed by atoms with Crippen molar-refractivity contribution in [1.82, 2.24) is 14.9 Å². The smallest absolute Gasteiger partial charge is 0.150 e. The second kappa shape index (κ2) is 5.35. The van der Waals surface area contributed by atoms with E-state index in [9.17, 15) is 0 Å². The van der Waals surface area contributed by atoms with Crippen LogP contribution in [0.15, 0.2) is 11.7 Å². The third-order valence-electron chi connectivity index (χ3n) is 3.86. The maximum absolute atomic E-state index is 8.99. The molecule has 1 aliphatic rings. The summed E-state index contributed by atoms with van der Waals surface area (Å²) in [6, 6.07) is 2.30. The lowest BCUT2D eigenvalue weighted by Gasteiger charge is -2.36. The summed E-state index contributed by atoms with van der Waals surface area (Å²) in [5, 5.41) is 11.1. The van der Waals surface area contributed by atoms with Crippen LogP contribution in [0.4, 0.5) is 5.82 Å². The van der Waals surface area contributed by atoms with Crippen LogP contribution in [-0.4, -0.2) is 47.1 Å². The van der Waals surface area contributed by atoms with Crippen molar-refractivity contribution in [2.45, 2.75) is 19.9 Å². The Hall–Kier alpha value is -1.71. The normalized spacial score (nSPS) is 18.1. The number of anilines is 1. The second-order valence-corrected chi connectivity index (χ2v) is 6.00. The average molecular weight is 287 g/mol. The van der Waals surface area contributed by atoms with E-state index in [-0.39, 0.29) is 6.04 Å². The van der Waals surface area contributed by atoms with Gasteiger partial charge in [0.25, 0.3) is 0 Å². The zero-order valence-electron chi connectivity index (χ0n) is 11.7. The van der Waals surface area contributed by atoms with Gasteiger partial charge >= 0.3 is 0 Å². The molecule has 104 valence electrons. The molecule has 3 rings (SSSR count). The number of piperazine rings is 1. The minimum absolute atomic E-state index is 0.00782. The molecular weight excluding hydrogens is 270 g/mol. The third kappa shape index (κ3) is 2.23. The molecule has 5 nitrogen and oxygen atoms in total. The Labute approximate surface area is 122 Å². The van der Waals surface area contributed by atoms with E-state index in [2.05, 4.69) is 38.1 Å². The Balaban J connectivity index is 1.82. The molecule has 20 heavy (non-hydrogen) atoms. The van der Waals surface area contributed by atoms with Crippen molar-refractivity contribution in [2.75, 3.05) is 31.1 Å². The maximum Gasteiger partial charge on any atom is 0.150 e. The van der Waals surface area contributed by atoms with Crippen molar-refractivity contribution in [3.8, 4) is 6.07 Å². The first-order valence-corrected chi connectivity index (χ1v) is 7.66. The number of aromatic nitrogens is 2. The fraction of sp³-hybridized carbons (Fsp3) is 0.500. The van der Waals surface area contributed by atoms with Gasteiger partial charge in [0, 0.05) is 26.2 Å². The van der Waals surface area contributed by atoms with Crippen LogP contribution >= 0.6 is 11.3 Å². The van der Waals surface area contributed by atoms with Gasteiger partial charge in [0.05, 0.1) is 22.3 Å². The van der Waals surface area contributed by atoms with Gasteiger partial charge in [0.2, 0.25) is 0 Å². The number of nitriles is 1. The van der Waals surface area contributed by atoms with Crippen LogP contribution in [0.3, 0.4) is 0 Å². The van der Waals surface area contributed by atoms with E-state index in [1.807, 2.05) is 6.92 Å². The van der Waals surface area contributed by atoms with Crippen LogP contribution in [0.25, 0.3) is 10.2 Å². The summed E-state index contributed by atoms with van der Waals surface area (Å²) >= 11 is 1.71. The highest BCUT2D eigenvalue weighted by Gasteiger charge is 2.23. The van der Waals surface area contributed by atoms with E-state index in [0.717, 1.165) is 37.5 Å². The fourth-order valence-corrected chi connectivity index (χ4v) is 3.60. The zero-order valence-corrected chi connectivity index (χ0v) is 12.5. The van der Waals surface area contributed by atoms with Gasteiger partial charge in [-0.05, 0) is 24.8 Å². The largest absolute Gasteiger partial charge is 0.353 e. The molecule has 3 heterocycles. The summed E-state index contributed by atoms with van der Waals surface area (Å²) in [6.45, 7) is 7.68. The molecule has 0 aliphatic carbocycles. The van der Waals surface area contributed by atoms with Gasteiger partial charge in [-0.15, -0.1) is 11.3 Å². The van der Waals surface area contributed by atoms with Crippen LogP contribution < -0.4 is 4.90 Å². The number of aryl methyl sites for hydroxylation is 1. The Morgan fingerprint density at radius 3 is 2.75 bits per heavy atom. The quantitative estimate of drug-likeness (QED) is 0.846. The predicted octanol–water partition coefficient (Wildman–Crippen LogP) is 2.03. The molecule has 2 aromatic rings. The van der Waals surface area contributed by atoms with Crippen molar-refractivity contribution in [3.63, 3.8) is 0 Å². The fourth-order valence-electron chi connectivity index (χ4n) is 2.58. The molecule has 1 atom stereocenters. The van der Waals surface area contributed by atoms with Crippen LogP contribution in [0.2, 0.25) is 0 Å². The minimum atomic E-state index is -0.00782. The number of rotatable bonds is 2. The molecule has 0 amide bonds. The molecule has 0 bridgehead atoms. The molecule has 0 N–H and O–H groups in total. The molecule has 0 saturated carbocycles. The molecule has 0 spiro atoms. The molecule has 1 unspecified atom stereocenters. The first-order chi connectivity index (χ1) is 9.70. The van der Waals surface area contributed by atoms with E-state index in [1.54, 1.807) is 17.7 Å². The molecule has 2 aromatic heterocycles.